The maximum Gasteiger partial charge on any atom is 0.267 e. The second-order valence-corrected chi connectivity index (χ2v) is 5.70. The van der Waals surface area contributed by atoms with E-state index in [1.165, 1.54) is 10.9 Å². The van der Waals surface area contributed by atoms with E-state index in [1.807, 2.05) is 0 Å². The van der Waals surface area contributed by atoms with Gasteiger partial charge in [0.15, 0.2) is 5.82 Å². The third-order valence-corrected chi connectivity index (χ3v) is 3.94. The van der Waals surface area contributed by atoms with Crippen molar-refractivity contribution in [3.8, 4) is 0 Å². The van der Waals surface area contributed by atoms with E-state index in [1.54, 1.807) is 31.3 Å². The molecule has 6 nitrogen and oxygen atoms in total. The van der Waals surface area contributed by atoms with Gasteiger partial charge >= 0.3 is 0 Å². The number of nitrogens with two attached hydrogens (primary N) is 1. The summed E-state index contributed by atoms with van der Waals surface area (Å²) in [6, 6.07) is 6.54. The number of para-hydroxylation sites is 1. The lowest BCUT2D eigenvalue weighted by atomic mass is 10.3. The van der Waals surface area contributed by atoms with Gasteiger partial charge in [-0.3, -0.25) is 9.40 Å². The summed E-state index contributed by atoms with van der Waals surface area (Å²) in [4.78, 5) is -0.0788. The van der Waals surface area contributed by atoms with Gasteiger partial charge in [0.05, 0.1) is 10.7 Å². The number of aromatic nitrogens is 2. The van der Waals surface area contributed by atoms with Crippen molar-refractivity contribution in [3.05, 3.63) is 35.5 Å². The van der Waals surface area contributed by atoms with Crippen LogP contribution in [0.15, 0.2) is 35.4 Å². The molecule has 18 heavy (non-hydrogen) atoms. The van der Waals surface area contributed by atoms with E-state index in [9.17, 15) is 8.42 Å². The van der Waals surface area contributed by atoms with Crippen LogP contribution in [0.1, 0.15) is 0 Å². The van der Waals surface area contributed by atoms with Crippen molar-refractivity contribution in [1.82, 2.24) is 9.78 Å². The lowest BCUT2D eigenvalue weighted by molar-refractivity contribution is 0.601. The highest BCUT2D eigenvalue weighted by Gasteiger charge is 2.21. The van der Waals surface area contributed by atoms with E-state index in [2.05, 4.69) is 9.82 Å². The van der Waals surface area contributed by atoms with Crippen molar-refractivity contribution >= 4 is 33.1 Å². The molecule has 1 aromatic carbocycles. The van der Waals surface area contributed by atoms with E-state index in [0.29, 0.717) is 10.7 Å². The molecule has 0 spiro atoms. The van der Waals surface area contributed by atoms with Crippen LogP contribution in [0, 0.1) is 0 Å². The monoisotopic (exact) mass is 286 g/mol. The minimum Gasteiger partial charge on any atom is -0.381 e. The fraction of sp³-hybridized carbons (Fsp3) is 0.100. The SMILES string of the molecule is Cn1cc(S(=O)(=O)Nc2ccccc2Cl)c(N)n1. The highest BCUT2D eigenvalue weighted by Crippen LogP contribution is 2.25. The Kier molecular flexibility index (Phi) is 3.18. The molecule has 0 saturated heterocycles. The molecule has 0 fully saturated rings. The van der Waals surface area contributed by atoms with Gasteiger partial charge in [-0.15, -0.1) is 0 Å². The molecular formula is C10H11ClN4O2S. The van der Waals surface area contributed by atoms with Crippen LogP contribution in [0.3, 0.4) is 0 Å². The quantitative estimate of drug-likeness (QED) is 0.894. The summed E-state index contributed by atoms with van der Waals surface area (Å²) in [7, 11) is -2.20. The lowest BCUT2D eigenvalue weighted by Crippen LogP contribution is -2.14. The first-order chi connectivity index (χ1) is 8.40. The zero-order chi connectivity index (χ0) is 13.3. The Bertz CT molecular complexity index is 681. The second kappa shape index (κ2) is 4.51. The summed E-state index contributed by atoms with van der Waals surface area (Å²) in [5.74, 6) is -0.0583. The van der Waals surface area contributed by atoms with Crippen LogP contribution in [0.25, 0.3) is 0 Å². The normalized spacial score (nSPS) is 11.4. The van der Waals surface area contributed by atoms with Crippen LogP contribution in [0.5, 0.6) is 0 Å². The summed E-state index contributed by atoms with van der Waals surface area (Å²) in [5.41, 5.74) is 5.83. The predicted octanol–water partition coefficient (Wildman–Crippen LogP) is 1.46. The largest absolute Gasteiger partial charge is 0.381 e. The maximum atomic E-state index is 12.1. The Hall–Kier alpha value is -1.73. The molecule has 0 aliphatic heterocycles. The minimum absolute atomic E-state index is 0.0583. The smallest absolute Gasteiger partial charge is 0.267 e. The first-order valence-corrected chi connectivity index (χ1v) is 6.83. The summed E-state index contributed by atoms with van der Waals surface area (Å²) < 4.78 is 27.9. The van der Waals surface area contributed by atoms with E-state index < -0.39 is 10.0 Å². The van der Waals surface area contributed by atoms with E-state index in [-0.39, 0.29) is 10.7 Å². The van der Waals surface area contributed by atoms with Gasteiger partial charge in [0.25, 0.3) is 10.0 Å². The molecular weight excluding hydrogens is 276 g/mol. The third kappa shape index (κ3) is 2.41. The van der Waals surface area contributed by atoms with Gasteiger partial charge in [0.1, 0.15) is 4.90 Å². The van der Waals surface area contributed by atoms with Gasteiger partial charge < -0.3 is 5.73 Å². The van der Waals surface area contributed by atoms with Crippen molar-refractivity contribution < 1.29 is 8.42 Å². The third-order valence-electron chi connectivity index (χ3n) is 2.23. The molecule has 1 heterocycles. The van der Waals surface area contributed by atoms with Gasteiger partial charge in [0.2, 0.25) is 0 Å². The molecule has 0 unspecified atom stereocenters. The van der Waals surface area contributed by atoms with E-state index in [4.69, 9.17) is 17.3 Å². The number of benzene rings is 1. The summed E-state index contributed by atoms with van der Waals surface area (Å²) in [6.07, 6.45) is 1.33. The van der Waals surface area contributed by atoms with Crippen molar-refractivity contribution in [2.45, 2.75) is 4.90 Å². The number of anilines is 2. The van der Waals surface area contributed by atoms with Crippen LogP contribution in [-0.2, 0) is 17.1 Å². The molecule has 1 aromatic heterocycles. The van der Waals surface area contributed by atoms with Crippen LogP contribution in [-0.4, -0.2) is 18.2 Å². The Morgan fingerprint density at radius 1 is 1.39 bits per heavy atom. The van der Waals surface area contributed by atoms with Crippen molar-refractivity contribution in [2.75, 3.05) is 10.5 Å². The molecule has 3 N–H and O–H groups in total. The molecule has 0 bridgehead atoms. The van der Waals surface area contributed by atoms with Gasteiger partial charge in [-0.2, -0.15) is 5.10 Å². The second-order valence-electron chi connectivity index (χ2n) is 3.64. The zero-order valence-electron chi connectivity index (χ0n) is 9.46. The number of aryl methyl sites for hydroxylation is 1. The Balaban J connectivity index is 2.40. The van der Waals surface area contributed by atoms with Crippen LogP contribution < -0.4 is 10.5 Å². The minimum atomic E-state index is -3.79. The van der Waals surface area contributed by atoms with E-state index >= 15 is 0 Å². The molecule has 0 saturated carbocycles. The van der Waals surface area contributed by atoms with Crippen LogP contribution >= 0.6 is 11.6 Å². The zero-order valence-corrected chi connectivity index (χ0v) is 11.0. The Morgan fingerprint density at radius 3 is 2.61 bits per heavy atom. The van der Waals surface area contributed by atoms with Gasteiger partial charge in [-0.1, -0.05) is 23.7 Å². The molecule has 2 aromatic rings. The fourth-order valence-corrected chi connectivity index (χ4v) is 2.86. The fourth-order valence-electron chi connectivity index (χ4n) is 1.43. The molecule has 0 aliphatic carbocycles. The Labute approximate surface area is 109 Å². The molecule has 0 atom stereocenters. The van der Waals surface area contributed by atoms with Crippen LogP contribution in [0.2, 0.25) is 5.02 Å². The number of hydrogen-bond donors (Lipinski definition) is 2. The van der Waals surface area contributed by atoms with Crippen molar-refractivity contribution in [3.63, 3.8) is 0 Å². The number of nitrogens with zero attached hydrogens (tertiary/aromatic N) is 2. The molecule has 2 rings (SSSR count). The van der Waals surface area contributed by atoms with Gasteiger partial charge in [0, 0.05) is 13.2 Å². The molecule has 0 aliphatic rings. The Morgan fingerprint density at radius 2 is 2.06 bits per heavy atom. The molecule has 8 heteroatoms. The lowest BCUT2D eigenvalue weighted by Gasteiger charge is -2.07. The van der Waals surface area contributed by atoms with Crippen molar-refractivity contribution in [1.29, 1.82) is 0 Å². The van der Waals surface area contributed by atoms with Gasteiger partial charge in [-0.05, 0) is 12.1 Å². The average Bonchev–Trinajstić information content (AvgIpc) is 2.62. The number of halogens is 1. The van der Waals surface area contributed by atoms with Crippen molar-refractivity contribution in [2.24, 2.45) is 7.05 Å². The summed E-state index contributed by atoms with van der Waals surface area (Å²) in [5, 5.41) is 4.09. The number of sulfonamides is 1. The highest BCUT2D eigenvalue weighted by molar-refractivity contribution is 7.92. The molecule has 0 amide bonds. The summed E-state index contributed by atoms with van der Waals surface area (Å²) in [6.45, 7) is 0. The first-order valence-electron chi connectivity index (χ1n) is 4.96. The standard InChI is InChI=1S/C10H11ClN4O2S/c1-15-6-9(10(12)13-15)18(16,17)14-8-5-3-2-4-7(8)11/h2-6,14H,1H3,(H2,12,13). The molecule has 0 radical (unpaired) electrons. The average molecular weight is 287 g/mol. The molecule has 96 valence electrons. The summed E-state index contributed by atoms with van der Waals surface area (Å²) >= 11 is 5.88. The first kappa shape index (κ1) is 12.7. The van der Waals surface area contributed by atoms with Crippen LogP contribution in [0.4, 0.5) is 11.5 Å². The number of rotatable bonds is 3. The highest BCUT2D eigenvalue weighted by atomic mass is 35.5. The maximum absolute atomic E-state index is 12.1. The number of nitrogens with one attached hydrogen (secondary N) is 1. The van der Waals surface area contributed by atoms with Gasteiger partial charge in [-0.25, -0.2) is 8.42 Å². The topological polar surface area (TPSA) is 90.0 Å². The number of hydrogen-bond acceptors (Lipinski definition) is 4. The van der Waals surface area contributed by atoms with E-state index in [0.717, 1.165) is 0 Å². The predicted molar refractivity (Wildman–Crippen MR) is 69.9 cm³/mol. The number of nitrogen functional groups attached to an aromatic ring is 1.